The third kappa shape index (κ3) is 3.74. The summed E-state index contributed by atoms with van der Waals surface area (Å²) in [6.07, 6.45) is 0. The maximum absolute atomic E-state index is 2.37. The molecule has 0 amide bonds. The molecule has 0 fully saturated rings. The number of rotatable bonds is 4. The van der Waals surface area contributed by atoms with Crippen LogP contribution in [0.15, 0.2) is 0 Å². The second-order valence-corrected chi connectivity index (χ2v) is 9.93. The summed E-state index contributed by atoms with van der Waals surface area (Å²) < 4.78 is 1.51. The Bertz CT molecular complexity index is 56.5. The van der Waals surface area contributed by atoms with Crippen LogP contribution < -0.4 is 17.0 Å². The Morgan fingerprint density at radius 1 is 1.00 bits per heavy atom. The van der Waals surface area contributed by atoms with E-state index in [0.29, 0.717) is 0 Å². The average molecular weight is 234 g/mol. The van der Waals surface area contributed by atoms with Crippen molar-refractivity contribution in [2.45, 2.75) is 43.1 Å². The molecule has 0 aliphatic heterocycles. The van der Waals surface area contributed by atoms with E-state index in [-0.39, 0.29) is 17.0 Å². The quantitative estimate of drug-likeness (QED) is 0.581. The average Bonchev–Trinajstić information content (AvgIpc) is 1.95. The van der Waals surface area contributed by atoms with Crippen LogP contribution in [0.5, 0.6) is 0 Å². The van der Waals surface area contributed by atoms with Crippen LogP contribution in [0.2, 0.25) is 22.3 Å². The number of hydrogen-bond acceptors (Lipinski definition) is 0. The van der Waals surface area contributed by atoms with Gasteiger partial charge in [0.1, 0.15) is 0 Å². The zero-order chi connectivity index (χ0) is 7.33. The first-order valence-corrected chi connectivity index (χ1v) is 7.86. The second kappa shape index (κ2) is 7.13. The molecule has 0 spiro atoms. The maximum Gasteiger partial charge on any atom is -1.00 e. The molecule has 0 saturated heterocycles. The van der Waals surface area contributed by atoms with E-state index in [4.69, 9.17) is 0 Å². The Kier molecular flexibility index (Phi) is 9.99. The van der Waals surface area contributed by atoms with Crippen molar-refractivity contribution in [1.29, 1.82) is 0 Å². The predicted molar refractivity (Wildman–Crippen MR) is 47.8 cm³/mol. The topological polar surface area (TPSA) is 0 Å². The number of hydrogen-bond donors (Lipinski definition) is 0. The molecule has 0 atom stereocenters. The first-order valence-electron chi connectivity index (χ1n) is 4.04. The molecule has 0 nitrogen and oxygen atoms in total. The SMILES string of the molecule is CC[Si](CC)(CC)[CH2][Mg+].[Br-]. The van der Waals surface area contributed by atoms with Crippen molar-refractivity contribution in [3.63, 3.8) is 0 Å². The van der Waals surface area contributed by atoms with Crippen LogP contribution in [-0.2, 0) is 0 Å². The smallest absolute Gasteiger partial charge is 1.00 e. The fraction of sp³-hybridized carbons (Fsp3) is 1.00. The van der Waals surface area contributed by atoms with Crippen LogP contribution in [0.4, 0.5) is 0 Å². The molecule has 0 aromatic heterocycles. The Morgan fingerprint density at radius 2 is 1.30 bits per heavy atom. The molecule has 0 radical (unpaired) electrons. The zero-order valence-corrected chi connectivity index (χ0v) is 11.4. The van der Waals surface area contributed by atoms with E-state index >= 15 is 0 Å². The molecule has 0 aromatic carbocycles. The standard InChI is InChI=1S/C7H17Si.BrH.Mg/c1-5-8(4,6-2)7-3;;/h4-7H2,1-3H3;1H;/q;;+1/p-1. The van der Waals surface area contributed by atoms with Gasteiger partial charge in [-0.1, -0.05) is 0 Å². The first kappa shape index (κ1) is 14.0. The fourth-order valence-electron chi connectivity index (χ4n) is 1.28. The molecular formula is C7H17BrMgSi. The summed E-state index contributed by atoms with van der Waals surface area (Å²) >= 11 is 2.18. The van der Waals surface area contributed by atoms with Gasteiger partial charge in [-0.15, -0.1) is 0 Å². The van der Waals surface area contributed by atoms with E-state index in [1.807, 2.05) is 0 Å². The van der Waals surface area contributed by atoms with Crippen LogP contribution in [0.1, 0.15) is 20.8 Å². The molecular weight excluding hydrogens is 216 g/mol. The van der Waals surface area contributed by atoms with E-state index in [9.17, 15) is 0 Å². The van der Waals surface area contributed by atoms with Crippen molar-refractivity contribution in [3.8, 4) is 0 Å². The molecule has 0 rings (SSSR count). The summed E-state index contributed by atoms with van der Waals surface area (Å²) in [4.78, 5) is 0. The molecule has 3 heteroatoms. The molecule has 0 unspecified atom stereocenters. The predicted octanol–water partition coefficient (Wildman–Crippen LogP) is -0.375. The summed E-state index contributed by atoms with van der Waals surface area (Å²) in [5.74, 6) is 0. The minimum absolute atomic E-state index is 0. The fourth-order valence-corrected chi connectivity index (χ4v) is 7.02. The van der Waals surface area contributed by atoms with Crippen LogP contribution in [0, 0.1) is 0 Å². The van der Waals surface area contributed by atoms with Gasteiger partial charge in [0.2, 0.25) is 0 Å². The van der Waals surface area contributed by atoms with E-state index in [1.54, 1.807) is 0 Å². The summed E-state index contributed by atoms with van der Waals surface area (Å²) in [5.41, 5.74) is 0. The van der Waals surface area contributed by atoms with Crippen molar-refractivity contribution in [3.05, 3.63) is 0 Å². The van der Waals surface area contributed by atoms with Gasteiger partial charge in [-0.25, -0.2) is 0 Å². The van der Waals surface area contributed by atoms with Gasteiger partial charge in [-0.05, 0) is 0 Å². The monoisotopic (exact) mass is 232 g/mol. The van der Waals surface area contributed by atoms with E-state index in [0.717, 1.165) is 0 Å². The molecule has 0 bridgehead atoms. The molecule has 0 aromatic rings. The Labute approximate surface area is 89.4 Å². The third-order valence-corrected chi connectivity index (χ3v) is 11.5. The summed E-state index contributed by atoms with van der Waals surface area (Å²) in [5, 5.41) is 0. The third-order valence-electron chi connectivity index (χ3n) is 2.78. The second-order valence-electron chi connectivity index (χ2n) is 2.81. The minimum atomic E-state index is -0.679. The molecule has 10 heavy (non-hydrogen) atoms. The minimum Gasteiger partial charge on any atom is -1.00 e. The zero-order valence-electron chi connectivity index (χ0n) is 7.41. The largest absolute Gasteiger partial charge is 1.00 e. The Hall–Kier alpha value is 1.46. The van der Waals surface area contributed by atoms with Crippen molar-refractivity contribution < 1.29 is 17.0 Å². The van der Waals surface area contributed by atoms with Gasteiger partial charge < -0.3 is 17.0 Å². The Balaban J connectivity index is 0. The van der Waals surface area contributed by atoms with Gasteiger partial charge in [0.15, 0.2) is 0 Å². The van der Waals surface area contributed by atoms with Gasteiger partial charge >= 0.3 is 72.9 Å². The molecule has 58 valence electrons. The van der Waals surface area contributed by atoms with Crippen LogP contribution in [-0.4, -0.2) is 29.8 Å². The molecule has 0 heterocycles. The molecule has 0 saturated carbocycles. The first-order chi connectivity index (χ1) is 4.24. The van der Waals surface area contributed by atoms with Crippen LogP contribution in [0.25, 0.3) is 0 Å². The summed E-state index contributed by atoms with van der Waals surface area (Å²) in [6.45, 7) is 7.10. The van der Waals surface area contributed by atoms with Gasteiger partial charge in [-0.3, -0.25) is 0 Å². The molecule has 0 aliphatic rings. The molecule has 0 aliphatic carbocycles. The number of halogens is 1. The van der Waals surface area contributed by atoms with Gasteiger partial charge in [0.05, 0.1) is 0 Å². The van der Waals surface area contributed by atoms with Gasteiger partial charge in [0, 0.05) is 0 Å². The van der Waals surface area contributed by atoms with E-state index in [1.165, 1.54) is 22.3 Å². The van der Waals surface area contributed by atoms with Gasteiger partial charge in [0.25, 0.3) is 0 Å². The van der Waals surface area contributed by atoms with E-state index < -0.39 is 8.07 Å². The van der Waals surface area contributed by atoms with Crippen molar-refractivity contribution >= 4 is 29.8 Å². The Morgan fingerprint density at radius 3 is 1.30 bits per heavy atom. The van der Waals surface area contributed by atoms with Crippen LogP contribution in [0.3, 0.4) is 0 Å². The van der Waals surface area contributed by atoms with E-state index in [2.05, 4.69) is 42.5 Å². The van der Waals surface area contributed by atoms with Gasteiger partial charge in [-0.2, -0.15) is 0 Å². The summed E-state index contributed by atoms with van der Waals surface area (Å²) in [6, 6.07) is 4.47. The maximum atomic E-state index is 2.37. The molecule has 0 N–H and O–H groups in total. The summed E-state index contributed by atoms with van der Waals surface area (Å²) in [7, 11) is -0.679. The van der Waals surface area contributed by atoms with Crippen molar-refractivity contribution in [1.82, 2.24) is 0 Å². The van der Waals surface area contributed by atoms with Crippen molar-refractivity contribution in [2.75, 3.05) is 0 Å². The normalized spacial score (nSPS) is 10.9. The van der Waals surface area contributed by atoms with Crippen molar-refractivity contribution in [2.24, 2.45) is 0 Å². The van der Waals surface area contributed by atoms with Crippen LogP contribution >= 0.6 is 0 Å².